The first-order valence-corrected chi connectivity index (χ1v) is 12.3. The summed E-state index contributed by atoms with van der Waals surface area (Å²) in [5.74, 6) is 0.840. The summed E-state index contributed by atoms with van der Waals surface area (Å²) in [7, 11) is 0. The number of tetrazole rings is 1. The van der Waals surface area contributed by atoms with Crippen molar-refractivity contribution in [2.24, 2.45) is 0 Å². The minimum absolute atomic E-state index is 0.0977. The van der Waals surface area contributed by atoms with Gasteiger partial charge in [-0.15, -0.1) is 5.10 Å². The van der Waals surface area contributed by atoms with Crippen LogP contribution in [0.3, 0.4) is 0 Å². The molecule has 0 radical (unpaired) electrons. The Morgan fingerprint density at radius 3 is 1.74 bits per heavy atom. The smallest absolute Gasteiger partial charge is 0.175 e. The third-order valence-corrected chi connectivity index (χ3v) is 6.65. The maximum atomic E-state index is 4.72. The average Bonchev–Trinajstić information content (AvgIpc) is 3.38. The van der Waals surface area contributed by atoms with Gasteiger partial charge >= 0.3 is 0 Å². The summed E-state index contributed by atoms with van der Waals surface area (Å²) >= 11 is 0. The van der Waals surface area contributed by atoms with Gasteiger partial charge in [0, 0.05) is 32.4 Å². The van der Waals surface area contributed by atoms with Crippen LogP contribution in [0.2, 0.25) is 0 Å². The minimum Gasteiger partial charge on any atom is -0.290 e. The van der Waals surface area contributed by atoms with Gasteiger partial charge in [0.1, 0.15) is 6.04 Å². The van der Waals surface area contributed by atoms with Gasteiger partial charge in [0.25, 0.3) is 0 Å². The summed E-state index contributed by atoms with van der Waals surface area (Å²) in [6.45, 7) is 10.1. The molecule has 35 heavy (non-hydrogen) atoms. The third kappa shape index (κ3) is 5.01. The zero-order valence-corrected chi connectivity index (χ0v) is 20.7. The van der Waals surface area contributed by atoms with Crippen molar-refractivity contribution in [2.75, 3.05) is 26.2 Å². The van der Waals surface area contributed by atoms with Crippen LogP contribution in [0.25, 0.3) is 0 Å². The maximum Gasteiger partial charge on any atom is 0.175 e. The molecule has 1 fully saturated rings. The Kier molecular flexibility index (Phi) is 6.70. The highest BCUT2D eigenvalue weighted by atomic mass is 15.6. The fourth-order valence-electron chi connectivity index (χ4n) is 5.00. The summed E-state index contributed by atoms with van der Waals surface area (Å²) < 4.78 is 1.94. The van der Waals surface area contributed by atoms with Crippen LogP contribution in [0.5, 0.6) is 0 Å². The molecule has 2 aromatic heterocycles. The predicted molar refractivity (Wildman–Crippen MR) is 137 cm³/mol. The summed E-state index contributed by atoms with van der Waals surface area (Å²) in [4.78, 5) is 9.78. The van der Waals surface area contributed by atoms with Gasteiger partial charge in [-0.25, -0.2) is 4.68 Å². The molecule has 180 valence electrons. The van der Waals surface area contributed by atoms with Crippen molar-refractivity contribution in [3.05, 3.63) is 108 Å². The van der Waals surface area contributed by atoms with Crippen LogP contribution < -0.4 is 0 Å². The molecule has 0 N–H and O–H groups in total. The van der Waals surface area contributed by atoms with Crippen LogP contribution in [0.15, 0.2) is 85.1 Å². The molecule has 1 saturated heterocycles. The van der Waals surface area contributed by atoms with Crippen molar-refractivity contribution >= 4 is 0 Å². The van der Waals surface area contributed by atoms with Gasteiger partial charge in [-0.05, 0) is 54.5 Å². The van der Waals surface area contributed by atoms with E-state index < -0.39 is 0 Å². The van der Waals surface area contributed by atoms with Gasteiger partial charge < -0.3 is 0 Å². The molecule has 5 rings (SSSR count). The van der Waals surface area contributed by atoms with Crippen molar-refractivity contribution in [3.63, 3.8) is 0 Å². The Morgan fingerprint density at radius 2 is 1.23 bits per heavy atom. The van der Waals surface area contributed by atoms with E-state index in [4.69, 9.17) is 4.98 Å². The van der Waals surface area contributed by atoms with E-state index in [2.05, 4.69) is 113 Å². The fraction of sp³-hybridized carbons (Fsp3) is 0.357. The number of hydrogen-bond acceptors (Lipinski definition) is 6. The molecule has 1 atom stereocenters. The van der Waals surface area contributed by atoms with Crippen molar-refractivity contribution in [3.8, 4) is 0 Å². The first-order chi connectivity index (χ1) is 17.0. The van der Waals surface area contributed by atoms with E-state index >= 15 is 0 Å². The second-order valence-corrected chi connectivity index (χ2v) is 10.1. The number of hydrogen-bond donors (Lipinski definition) is 0. The molecule has 1 aliphatic rings. The van der Waals surface area contributed by atoms with Gasteiger partial charge in [0.15, 0.2) is 5.82 Å². The molecular formula is C28H33N7. The van der Waals surface area contributed by atoms with Gasteiger partial charge in [0.05, 0.1) is 17.3 Å². The molecule has 0 bridgehead atoms. The van der Waals surface area contributed by atoms with Crippen molar-refractivity contribution in [2.45, 2.75) is 38.4 Å². The van der Waals surface area contributed by atoms with Crippen LogP contribution >= 0.6 is 0 Å². The largest absolute Gasteiger partial charge is 0.290 e. The Balaban J connectivity index is 1.44. The molecule has 1 aliphatic heterocycles. The zero-order valence-electron chi connectivity index (χ0n) is 20.7. The van der Waals surface area contributed by atoms with E-state index in [0.717, 1.165) is 37.7 Å². The lowest BCUT2D eigenvalue weighted by Gasteiger charge is -2.42. The average molecular weight is 468 g/mol. The lowest BCUT2D eigenvalue weighted by Crippen LogP contribution is -2.50. The first-order valence-electron chi connectivity index (χ1n) is 12.3. The maximum absolute atomic E-state index is 4.72. The van der Waals surface area contributed by atoms with Crippen LogP contribution in [0.1, 0.15) is 55.5 Å². The van der Waals surface area contributed by atoms with E-state index in [1.807, 2.05) is 23.0 Å². The van der Waals surface area contributed by atoms with Crippen molar-refractivity contribution < 1.29 is 0 Å². The Morgan fingerprint density at radius 1 is 0.686 bits per heavy atom. The Bertz CT molecular complexity index is 1150. The topological polar surface area (TPSA) is 63.0 Å². The van der Waals surface area contributed by atoms with Crippen LogP contribution in [0, 0.1) is 0 Å². The number of piperazine rings is 1. The number of aromatic nitrogens is 5. The van der Waals surface area contributed by atoms with Gasteiger partial charge in [-0.3, -0.25) is 14.8 Å². The molecular weight excluding hydrogens is 434 g/mol. The number of benzene rings is 2. The highest BCUT2D eigenvalue weighted by Gasteiger charge is 2.35. The minimum atomic E-state index is -0.223. The lowest BCUT2D eigenvalue weighted by atomic mass is 9.96. The van der Waals surface area contributed by atoms with Crippen LogP contribution in [0.4, 0.5) is 0 Å². The van der Waals surface area contributed by atoms with Crippen LogP contribution in [-0.2, 0) is 5.54 Å². The molecule has 0 amide bonds. The monoisotopic (exact) mass is 467 g/mol. The van der Waals surface area contributed by atoms with E-state index in [1.165, 1.54) is 11.1 Å². The summed E-state index contributed by atoms with van der Waals surface area (Å²) in [6, 6.07) is 27.8. The van der Waals surface area contributed by atoms with Crippen LogP contribution in [-0.4, -0.2) is 61.2 Å². The van der Waals surface area contributed by atoms with Gasteiger partial charge in [0.2, 0.25) is 0 Å². The molecule has 2 aromatic carbocycles. The number of nitrogens with zero attached hydrogens (tertiary/aromatic N) is 7. The highest BCUT2D eigenvalue weighted by molar-refractivity contribution is 5.32. The van der Waals surface area contributed by atoms with E-state index in [1.54, 1.807) is 0 Å². The molecule has 3 heterocycles. The molecule has 0 saturated carbocycles. The normalized spacial score (nSPS) is 16.5. The van der Waals surface area contributed by atoms with E-state index in [0.29, 0.717) is 0 Å². The molecule has 0 spiro atoms. The Labute approximate surface area is 207 Å². The van der Waals surface area contributed by atoms with E-state index in [-0.39, 0.29) is 17.6 Å². The first kappa shape index (κ1) is 23.3. The van der Waals surface area contributed by atoms with Gasteiger partial charge in [-0.1, -0.05) is 66.7 Å². The second-order valence-electron chi connectivity index (χ2n) is 10.1. The number of pyridine rings is 1. The molecule has 0 aliphatic carbocycles. The lowest BCUT2D eigenvalue weighted by molar-refractivity contribution is 0.0831. The van der Waals surface area contributed by atoms with Crippen molar-refractivity contribution in [1.29, 1.82) is 0 Å². The van der Waals surface area contributed by atoms with Crippen molar-refractivity contribution in [1.82, 2.24) is 35.0 Å². The number of rotatable bonds is 6. The fourth-order valence-corrected chi connectivity index (χ4v) is 5.00. The Hall–Kier alpha value is -3.42. The molecule has 4 aromatic rings. The predicted octanol–water partition coefficient (Wildman–Crippen LogP) is 4.32. The van der Waals surface area contributed by atoms with Gasteiger partial charge in [-0.2, -0.15) is 0 Å². The summed E-state index contributed by atoms with van der Waals surface area (Å²) in [5.41, 5.74) is 3.40. The highest BCUT2D eigenvalue weighted by Crippen LogP contribution is 2.33. The van der Waals surface area contributed by atoms with E-state index in [9.17, 15) is 0 Å². The molecule has 7 heteroatoms. The second kappa shape index (κ2) is 10.1. The quantitative estimate of drug-likeness (QED) is 0.421. The molecule has 7 nitrogen and oxygen atoms in total. The third-order valence-electron chi connectivity index (χ3n) is 6.65. The summed E-state index contributed by atoms with van der Waals surface area (Å²) in [5, 5.41) is 12.9. The standard InChI is InChI=1S/C28H33N7/c1-28(2,3)35-27(30-31-32-35)26(24-16-10-11-17-29-24)34-20-18-33(19-21-34)25(22-12-6-4-7-13-22)23-14-8-5-9-15-23/h4-17,25-26H,18-21H2,1-3H3/t26-/m0/s1. The zero-order chi connectivity index (χ0) is 24.3. The summed E-state index contributed by atoms with van der Waals surface area (Å²) in [6.07, 6.45) is 1.85. The molecule has 0 unspecified atom stereocenters. The SMILES string of the molecule is CC(C)(C)n1nnnc1[C@H](c1ccccn1)N1CCN(C(c2ccccc2)c2ccccc2)CC1.